The number of hydrogen-bond acceptors (Lipinski definition) is 6. The van der Waals surface area contributed by atoms with Gasteiger partial charge in [0.05, 0.1) is 11.9 Å². The molecule has 2 bridgehead atoms. The van der Waals surface area contributed by atoms with Crippen molar-refractivity contribution in [2.45, 2.75) is 24.9 Å². The number of aromatic nitrogens is 5. The number of aryl methyl sites for hydroxylation is 1. The van der Waals surface area contributed by atoms with Gasteiger partial charge < -0.3 is 15.5 Å². The van der Waals surface area contributed by atoms with Crippen molar-refractivity contribution >= 4 is 39.0 Å². The molecule has 2 atom stereocenters. The van der Waals surface area contributed by atoms with Gasteiger partial charge in [0.2, 0.25) is 0 Å². The van der Waals surface area contributed by atoms with Gasteiger partial charge in [0, 0.05) is 44.6 Å². The first-order valence-corrected chi connectivity index (χ1v) is 9.72. The third-order valence-electron chi connectivity index (χ3n) is 5.27. The molecule has 2 unspecified atom stereocenters. The Labute approximate surface area is 163 Å². The van der Waals surface area contributed by atoms with Crippen molar-refractivity contribution in [2.75, 3.05) is 23.3 Å². The molecule has 0 spiro atoms. The molecule has 3 aliphatic heterocycles. The summed E-state index contributed by atoms with van der Waals surface area (Å²) in [6.07, 6.45) is 7.54. The van der Waals surface area contributed by atoms with E-state index in [-0.39, 0.29) is 5.91 Å². The number of hydrogen-bond donors (Lipinski definition) is 2. The predicted molar refractivity (Wildman–Crippen MR) is 104 cm³/mol. The molecule has 6 rings (SSSR count). The molecule has 3 aromatic rings. The molecule has 1 amide bonds. The highest BCUT2D eigenvalue weighted by Crippen LogP contribution is 2.28. The number of carbonyl (C=O) groups excluding carboxylic acids is 1. The van der Waals surface area contributed by atoms with Crippen LogP contribution in [0.25, 0.3) is 5.65 Å². The van der Waals surface area contributed by atoms with Gasteiger partial charge >= 0.3 is 0 Å². The topological polar surface area (TPSA) is 92.4 Å². The summed E-state index contributed by atoms with van der Waals surface area (Å²) >= 11 is 3.35. The van der Waals surface area contributed by atoms with Gasteiger partial charge in [0.1, 0.15) is 11.4 Å². The van der Waals surface area contributed by atoms with Gasteiger partial charge in [-0.05, 0) is 34.8 Å². The first-order chi connectivity index (χ1) is 13.1. The minimum atomic E-state index is -0.259. The Bertz CT molecular complexity index is 1020. The zero-order valence-electron chi connectivity index (χ0n) is 14.8. The summed E-state index contributed by atoms with van der Waals surface area (Å²) in [6.45, 7) is 1.94. The average Bonchev–Trinajstić information content (AvgIpc) is 3.24. The van der Waals surface area contributed by atoms with E-state index in [1.54, 1.807) is 28.6 Å². The van der Waals surface area contributed by atoms with Crippen molar-refractivity contribution in [2.24, 2.45) is 7.05 Å². The lowest BCUT2D eigenvalue weighted by Gasteiger charge is -2.46. The molecule has 3 saturated heterocycles. The van der Waals surface area contributed by atoms with Crippen LogP contribution in [0.5, 0.6) is 0 Å². The Kier molecular flexibility index (Phi) is 3.90. The van der Waals surface area contributed by atoms with Crippen LogP contribution >= 0.6 is 15.9 Å². The van der Waals surface area contributed by atoms with Crippen molar-refractivity contribution in [3.63, 3.8) is 0 Å². The highest BCUT2D eigenvalue weighted by Gasteiger charge is 2.34. The minimum Gasteiger partial charge on any atom is -0.351 e. The van der Waals surface area contributed by atoms with Gasteiger partial charge in [-0.25, -0.2) is 9.50 Å². The molecule has 10 heteroatoms. The van der Waals surface area contributed by atoms with Crippen LogP contribution < -0.4 is 15.5 Å². The van der Waals surface area contributed by atoms with E-state index < -0.39 is 0 Å². The van der Waals surface area contributed by atoms with Crippen molar-refractivity contribution in [1.82, 2.24) is 29.7 Å². The second kappa shape index (κ2) is 6.31. The molecule has 3 fully saturated rings. The molecular weight excluding hydrogens is 412 g/mol. The van der Waals surface area contributed by atoms with Crippen LogP contribution in [0.4, 0.5) is 11.5 Å². The summed E-state index contributed by atoms with van der Waals surface area (Å²) in [5.74, 6) is 0.640. The first kappa shape index (κ1) is 16.7. The van der Waals surface area contributed by atoms with E-state index in [9.17, 15) is 4.79 Å². The van der Waals surface area contributed by atoms with Gasteiger partial charge in [-0.1, -0.05) is 0 Å². The number of piperazine rings is 1. The Morgan fingerprint density at radius 2 is 2.30 bits per heavy atom. The summed E-state index contributed by atoms with van der Waals surface area (Å²) in [7, 11) is 1.80. The fourth-order valence-corrected chi connectivity index (χ4v) is 4.36. The lowest BCUT2D eigenvalue weighted by atomic mass is 9.93. The Hall–Kier alpha value is -2.46. The molecule has 0 aliphatic carbocycles. The van der Waals surface area contributed by atoms with Crippen molar-refractivity contribution in [3.8, 4) is 0 Å². The standard InChI is InChI=1S/C17H19BrN8O/c1-24-9-13(15(18)23-24)21-17(27)12-7-20-26-5-4-14(22-16(12)26)25-8-10-2-3-11(25)6-19-10/h4-5,7,9-11,19H,2-3,6,8H2,1H3,(H,21,27). The van der Waals surface area contributed by atoms with Crippen LogP contribution in [0, 0.1) is 0 Å². The fraction of sp³-hybridized carbons (Fsp3) is 0.412. The number of halogens is 1. The summed E-state index contributed by atoms with van der Waals surface area (Å²) in [5, 5.41) is 14.9. The molecule has 0 saturated carbocycles. The Morgan fingerprint density at radius 3 is 2.96 bits per heavy atom. The van der Waals surface area contributed by atoms with Gasteiger partial charge in [-0.2, -0.15) is 10.2 Å². The summed E-state index contributed by atoms with van der Waals surface area (Å²) in [5.41, 5.74) is 1.60. The molecule has 140 valence electrons. The van der Waals surface area contributed by atoms with Gasteiger partial charge in [0.25, 0.3) is 5.91 Å². The zero-order chi connectivity index (χ0) is 18.5. The molecule has 3 aliphatic rings. The molecule has 9 nitrogen and oxygen atoms in total. The Balaban J connectivity index is 1.46. The van der Waals surface area contributed by atoms with E-state index >= 15 is 0 Å². The maximum Gasteiger partial charge on any atom is 0.261 e. The molecular formula is C17H19BrN8O. The van der Waals surface area contributed by atoms with Crippen LogP contribution in [0.15, 0.2) is 29.3 Å². The van der Waals surface area contributed by atoms with E-state index in [2.05, 4.69) is 41.7 Å². The van der Waals surface area contributed by atoms with E-state index in [4.69, 9.17) is 4.98 Å². The SMILES string of the molecule is Cn1cc(NC(=O)c2cnn3ccc(N4CC5CCC4CN5)nc23)c(Br)n1. The molecule has 0 radical (unpaired) electrons. The predicted octanol–water partition coefficient (Wildman–Crippen LogP) is 1.42. The average molecular weight is 431 g/mol. The third-order valence-corrected chi connectivity index (χ3v) is 5.86. The molecule has 3 aromatic heterocycles. The van der Waals surface area contributed by atoms with Crippen molar-refractivity contribution in [3.05, 3.63) is 34.8 Å². The zero-order valence-corrected chi connectivity index (χ0v) is 16.3. The maximum absolute atomic E-state index is 12.8. The second-order valence-electron chi connectivity index (χ2n) is 7.06. The minimum absolute atomic E-state index is 0.259. The van der Waals surface area contributed by atoms with Crippen LogP contribution in [-0.4, -0.2) is 55.5 Å². The number of anilines is 2. The van der Waals surface area contributed by atoms with Crippen molar-refractivity contribution in [1.29, 1.82) is 0 Å². The van der Waals surface area contributed by atoms with Crippen LogP contribution in [0.2, 0.25) is 0 Å². The van der Waals surface area contributed by atoms with E-state index in [1.807, 2.05) is 12.3 Å². The lowest BCUT2D eigenvalue weighted by Crippen LogP contribution is -2.61. The van der Waals surface area contributed by atoms with Gasteiger partial charge in [-0.15, -0.1) is 0 Å². The molecule has 27 heavy (non-hydrogen) atoms. The van der Waals surface area contributed by atoms with Gasteiger partial charge in [-0.3, -0.25) is 9.48 Å². The number of nitrogens with one attached hydrogen (secondary N) is 2. The summed E-state index contributed by atoms with van der Waals surface area (Å²) < 4.78 is 3.85. The van der Waals surface area contributed by atoms with Crippen LogP contribution in [-0.2, 0) is 7.05 Å². The van der Waals surface area contributed by atoms with Crippen LogP contribution in [0.3, 0.4) is 0 Å². The summed E-state index contributed by atoms with van der Waals surface area (Å²) in [4.78, 5) is 19.9. The largest absolute Gasteiger partial charge is 0.351 e. The lowest BCUT2D eigenvalue weighted by molar-refractivity contribution is 0.102. The summed E-state index contributed by atoms with van der Waals surface area (Å²) in [6, 6.07) is 2.94. The number of carbonyl (C=O) groups is 1. The van der Waals surface area contributed by atoms with Crippen LogP contribution in [0.1, 0.15) is 23.2 Å². The van der Waals surface area contributed by atoms with E-state index in [1.165, 1.54) is 12.8 Å². The molecule has 0 aromatic carbocycles. The smallest absolute Gasteiger partial charge is 0.261 e. The number of amides is 1. The molecule has 2 N–H and O–H groups in total. The number of rotatable bonds is 3. The highest BCUT2D eigenvalue weighted by molar-refractivity contribution is 9.10. The highest BCUT2D eigenvalue weighted by atomic mass is 79.9. The van der Waals surface area contributed by atoms with E-state index in [0.29, 0.717) is 33.6 Å². The fourth-order valence-electron chi connectivity index (χ4n) is 3.90. The maximum atomic E-state index is 12.8. The number of fused-ring (bicyclic) bond motifs is 4. The quantitative estimate of drug-likeness (QED) is 0.652. The monoisotopic (exact) mass is 430 g/mol. The number of nitrogens with zero attached hydrogens (tertiary/aromatic N) is 6. The first-order valence-electron chi connectivity index (χ1n) is 8.93. The molecule has 6 heterocycles. The number of piperidine rings is 2. The Morgan fingerprint density at radius 1 is 1.41 bits per heavy atom. The second-order valence-corrected chi connectivity index (χ2v) is 7.81. The third kappa shape index (κ3) is 2.88. The van der Waals surface area contributed by atoms with Gasteiger partial charge in [0.15, 0.2) is 10.3 Å². The van der Waals surface area contributed by atoms with Crippen molar-refractivity contribution < 1.29 is 4.79 Å². The van der Waals surface area contributed by atoms with E-state index in [0.717, 1.165) is 18.9 Å². The normalized spacial score (nSPS) is 21.8.